The number of hydrogen-bond acceptors (Lipinski definition) is 1. The zero-order valence-electron chi connectivity index (χ0n) is 11.3. The molecule has 0 unspecified atom stereocenters. The molecule has 0 aromatic heterocycles. The van der Waals surface area contributed by atoms with Gasteiger partial charge in [-0.25, -0.2) is 0 Å². The predicted molar refractivity (Wildman–Crippen MR) is 71.6 cm³/mol. The Labute approximate surface area is 92.1 Å². The largest absolute Gasteiger partial charge is 0.333 e. The molecule has 0 radical (unpaired) electrons. The third-order valence-corrected chi connectivity index (χ3v) is 1.15. The van der Waals surface area contributed by atoms with Crippen LogP contribution in [0.2, 0.25) is 0 Å². The lowest BCUT2D eigenvalue weighted by atomic mass is 10.2. The third-order valence-electron chi connectivity index (χ3n) is 1.15. The van der Waals surface area contributed by atoms with Gasteiger partial charge in [-0.1, -0.05) is 65.8 Å². The first-order chi connectivity index (χ1) is 6.68. The molecule has 0 saturated heterocycles. The van der Waals surface area contributed by atoms with Gasteiger partial charge >= 0.3 is 0 Å². The average molecular weight is 201 g/mol. The average Bonchev–Trinajstić information content (AvgIpc) is 2.26. The third kappa shape index (κ3) is 105. The second kappa shape index (κ2) is 39.3. The highest BCUT2D eigenvalue weighted by Crippen LogP contribution is 1.93. The van der Waals surface area contributed by atoms with Crippen molar-refractivity contribution in [1.82, 2.24) is 0 Å². The Morgan fingerprint density at radius 2 is 1.50 bits per heavy atom. The van der Waals surface area contributed by atoms with E-state index < -0.39 is 0 Å². The lowest BCUT2D eigenvalue weighted by molar-refractivity contribution is 0.626. The van der Waals surface area contributed by atoms with Gasteiger partial charge in [0.15, 0.2) is 0 Å². The fourth-order valence-corrected chi connectivity index (χ4v) is 0.136. The van der Waals surface area contributed by atoms with Crippen LogP contribution >= 0.6 is 0 Å². The van der Waals surface area contributed by atoms with Gasteiger partial charge in [-0.3, -0.25) is 0 Å². The Morgan fingerprint density at radius 1 is 1.21 bits per heavy atom. The maximum Gasteiger partial charge on any atom is -0.0195 e. The minimum atomic E-state index is 0.884. The zero-order valence-corrected chi connectivity index (χ0v) is 11.3. The molecule has 88 valence electrons. The van der Waals surface area contributed by atoms with E-state index >= 15 is 0 Å². The molecular formula is C13H31N. The summed E-state index contributed by atoms with van der Waals surface area (Å²) >= 11 is 0. The van der Waals surface area contributed by atoms with Crippen LogP contribution in [0.25, 0.3) is 0 Å². The van der Waals surface area contributed by atoms with E-state index in [2.05, 4.69) is 33.1 Å². The van der Waals surface area contributed by atoms with Crippen molar-refractivity contribution >= 4 is 0 Å². The van der Waals surface area contributed by atoms with Gasteiger partial charge in [0.1, 0.15) is 0 Å². The smallest absolute Gasteiger partial charge is 0.0195 e. The summed E-state index contributed by atoms with van der Waals surface area (Å²) in [4.78, 5) is 0. The minimum absolute atomic E-state index is 0.884. The van der Waals surface area contributed by atoms with Gasteiger partial charge < -0.3 is 5.73 Å². The normalized spacial score (nSPS) is 7.50. The molecule has 0 rings (SSSR count). The first kappa shape index (κ1) is 23.3. The second-order valence-corrected chi connectivity index (χ2v) is 2.56. The molecule has 0 aromatic carbocycles. The van der Waals surface area contributed by atoms with E-state index in [1.54, 1.807) is 6.08 Å². The molecule has 2 N–H and O–H groups in total. The summed E-state index contributed by atoms with van der Waals surface area (Å²) in [7, 11) is 1.50. The first-order valence-corrected chi connectivity index (χ1v) is 5.50. The Morgan fingerprint density at radius 3 is 1.50 bits per heavy atom. The van der Waals surface area contributed by atoms with Crippen molar-refractivity contribution in [3.05, 3.63) is 24.8 Å². The van der Waals surface area contributed by atoms with Gasteiger partial charge in [0.2, 0.25) is 0 Å². The molecule has 1 heteroatoms. The maximum atomic E-state index is 4.50. The Kier molecular flexibility index (Phi) is 65.4. The molecule has 0 saturated carbocycles. The number of allylic oxidation sites excluding steroid dienone is 3. The van der Waals surface area contributed by atoms with Crippen molar-refractivity contribution < 1.29 is 0 Å². The topological polar surface area (TPSA) is 26.0 Å². The highest BCUT2D eigenvalue weighted by molar-refractivity contribution is 4.94. The molecule has 0 amide bonds. The van der Waals surface area contributed by atoms with Gasteiger partial charge in [0.05, 0.1) is 0 Å². The Balaban J connectivity index is -0.0000000528. The van der Waals surface area contributed by atoms with Crippen LogP contribution in [0.1, 0.15) is 48.0 Å². The number of rotatable bonds is 2. The van der Waals surface area contributed by atoms with Crippen molar-refractivity contribution in [2.45, 2.75) is 48.0 Å². The van der Waals surface area contributed by atoms with Crippen LogP contribution in [0.15, 0.2) is 24.8 Å². The van der Waals surface area contributed by atoms with E-state index in [0.29, 0.717) is 0 Å². The van der Waals surface area contributed by atoms with Gasteiger partial charge in [-0.05, 0) is 19.9 Å². The molecule has 1 nitrogen and oxygen atoms in total. The summed E-state index contributed by atoms with van der Waals surface area (Å²) in [6.07, 6.45) is 6.88. The van der Waals surface area contributed by atoms with Crippen LogP contribution in [-0.4, -0.2) is 7.05 Å². The van der Waals surface area contributed by atoms with Crippen LogP contribution in [0.5, 0.6) is 0 Å². The highest BCUT2D eigenvalue weighted by Gasteiger charge is 1.80. The van der Waals surface area contributed by atoms with Crippen molar-refractivity contribution in [3.8, 4) is 0 Å². The Bertz CT molecular complexity index is 83.2. The van der Waals surface area contributed by atoms with Gasteiger partial charge in [-0.2, -0.15) is 0 Å². The summed E-state index contributed by atoms with van der Waals surface area (Å²) in [5.41, 5.74) is 4.50. The molecule has 0 aliphatic rings. The highest BCUT2D eigenvalue weighted by atomic mass is 14.4. The lowest BCUT2D eigenvalue weighted by Gasteiger charge is -1.90. The maximum absolute atomic E-state index is 4.50. The van der Waals surface area contributed by atoms with Gasteiger partial charge in [-0.15, -0.1) is 0 Å². The van der Waals surface area contributed by atoms with Crippen molar-refractivity contribution in [2.75, 3.05) is 7.05 Å². The molecule has 0 aliphatic heterocycles. The summed E-state index contributed by atoms with van der Waals surface area (Å²) in [6, 6.07) is 0. The molecule has 0 aromatic rings. The lowest BCUT2D eigenvalue weighted by Crippen LogP contribution is -1.77. The zero-order chi connectivity index (χ0) is 12.4. The molecule has 0 spiro atoms. The van der Waals surface area contributed by atoms with E-state index in [-0.39, 0.29) is 0 Å². The molecular weight excluding hydrogens is 170 g/mol. The van der Waals surface area contributed by atoms with Crippen LogP contribution in [0.4, 0.5) is 0 Å². The summed E-state index contributed by atoms with van der Waals surface area (Å²) < 4.78 is 0. The summed E-state index contributed by atoms with van der Waals surface area (Å²) in [6.45, 7) is 16.1. The fraction of sp³-hybridized carbons (Fsp3) is 0.692. The van der Waals surface area contributed by atoms with Crippen molar-refractivity contribution in [3.63, 3.8) is 0 Å². The Hall–Kier alpha value is -0.560. The van der Waals surface area contributed by atoms with E-state index in [0.717, 1.165) is 5.92 Å². The monoisotopic (exact) mass is 201 g/mol. The van der Waals surface area contributed by atoms with Crippen LogP contribution < -0.4 is 5.73 Å². The second-order valence-electron chi connectivity index (χ2n) is 2.56. The molecule has 0 bridgehead atoms. The van der Waals surface area contributed by atoms with E-state index in [9.17, 15) is 0 Å². The summed E-state index contributed by atoms with van der Waals surface area (Å²) in [5.74, 6) is 0.884. The van der Waals surface area contributed by atoms with Crippen molar-refractivity contribution in [1.29, 1.82) is 0 Å². The fourth-order valence-electron chi connectivity index (χ4n) is 0.136. The predicted octanol–water partition coefficient (Wildman–Crippen LogP) is 4.40. The molecule has 0 heterocycles. The summed E-state index contributed by atoms with van der Waals surface area (Å²) in [5, 5.41) is 0. The van der Waals surface area contributed by atoms with Crippen molar-refractivity contribution in [2.24, 2.45) is 11.7 Å². The van der Waals surface area contributed by atoms with E-state index in [1.165, 1.54) is 13.5 Å². The first-order valence-electron chi connectivity index (χ1n) is 5.50. The molecule has 0 aliphatic carbocycles. The number of nitrogens with two attached hydrogens (primary N) is 1. The van der Waals surface area contributed by atoms with Crippen LogP contribution in [0, 0.1) is 5.92 Å². The molecule has 14 heavy (non-hydrogen) atoms. The van der Waals surface area contributed by atoms with Gasteiger partial charge in [0.25, 0.3) is 0 Å². The van der Waals surface area contributed by atoms with Crippen LogP contribution in [0.3, 0.4) is 0 Å². The standard InChI is InChI=1S/C5H12.C5H8.C2H6.CH5N/c1-4-5(2)3;1-3-5-4-2;2*1-2/h5H,4H2,1-3H3;3-5H,1H2,2H3;1-2H3;2H2,1H3/b;5-4-;;. The number of hydrogen-bond donors (Lipinski definition) is 1. The van der Waals surface area contributed by atoms with Gasteiger partial charge in [0, 0.05) is 0 Å². The minimum Gasteiger partial charge on any atom is -0.333 e. The quantitative estimate of drug-likeness (QED) is 0.658. The van der Waals surface area contributed by atoms with Crippen LogP contribution in [-0.2, 0) is 0 Å². The molecule has 0 fully saturated rings. The SMILES string of the molecule is C=C/C=C\C.CC.CCC(C)C.CN. The van der Waals surface area contributed by atoms with E-state index in [1.807, 2.05) is 32.9 Å². The van der Waals surface area contributed by atoms with E-state index in [4.69, 9.17) is 0 Å². The molecule has 0 atom stereocenters.